The van der Waals surface area contributed by atoms with Gasteiger partial charge in [0.2, 0.25) is 0 Å². The predicted octanol–water partition coefficient (Wildman–Crippen LogP) is 4.10. The lowest BCUT2D eigenvalue weighted by Gasteiger charge is -2.06. The van der Waals surface area contributed by atoms with Crippen molar-refractivity contribution >= 4 is 11.6 Å². The molecular formula is C15H12ClN3. The van der Waals surface area contributed by atoms with Crippen molar-refractivity contribution in [3.8, 4) is 22.5 Å². The fourth-order valence-corrected chi connectivity index (χ4v) is 2.29. The number of benzene rings is 2. The van der Waals surface area contributed by atoms with Crippen LogP contribution >= 0.6 is 11.6 Å². The van der Waals surface area contributed by atoms with E-state index in [-0.39, 0.29) is 0 Å². The van der Waals surface area contributed by atoms with Gasteiger partial charge in [-0.05, 0) is 47.9 Å². The average Bonchev–Trinajstić information content (AvgIpc) is 2.92. The minimum absolute atomic E-state index is 0.736. The Hall–Kier alpha value is -2.13. The number of aromatic amines is 1. The largest absolute Gasteiger partial charge is 0.259 e. The fraction of sp³-hybridized carbons (Fsp3) is 0.0667. The van der Waals surface area contributed by atoms with Crippen LogP contribution in [-0.2, 0) is 0 Å². The van der Waals surface area contributed by atoms with Crippen LogP contribution in [0.25, 0.3) is 22.5 Å². The second-order valence-corrected chi connectivity index (χ2v) is 4.87. The summed E-state index contributed by atoms with van der Waals surface area (Å²) in [6, 6.07) is 14.1. The van der Waals surface area contributed by atoms with Crippen LogP contribution in [0.15, 0.2) is 48.8 Å². The van der Waals surface area contributed by atoms with Gasteiger partial charge in [-0.1, -0.05) is 29.8 Å². The Morgan fingerprint density at radius 1 is 1.00 bits per heavy atom. The number of hydrogen-bond acceptors (Lipinski definition) is 2. The van der Waals surface area contributed by atoms with E-state index in [9.17, 15) is 0 Å². The number of aromatic nitrogens is 3. The summed E-state index contributed by atoms with van der Waals surface area (Å²) in [6.07, 6.45) is 1.51. The summed E-state index contributed by atoms with van der Waals surface area (Å²) < 4.78 is 0. The Bertz CT molecular complexity index is 705. The maximum Gasteiger partial charge on any atom is 0.155 e. The highest BCUT2D eigenvalue weighted by molar-refractivity contribution is 6.30. The average molecular weight is 270 g/mol. The Labute approximate surface area is 116 Å². The Balaban J connectivity index is 2.12. The van der Waals surface area contributed by atoms with Crippen molar-refractivity contribution in [2.75, 3.05) is 0 Å². The molecule has 0 saturated carbocycles. The molecular weight excluding hydrogens is 258 g/mol. The molecule has 3 nitrogen and oxygen atoms in total. The van der Waals surface area contributed by atoms with Gasteiger partial charge in [0.05, 0.1) is 0 Å². The second kappa shape index (κ2) is 4.86. The molecule has 0 aliphatic heterocycles. The van der Waals surface area contributed by atoms with Crippen molar-refractivity contribution < 1.29 is 0 Å². The lowest BCUT2D eigenvalue weighted by Crippen LogP contribution is -1.86. The van der Waals surface area contributed by atoms with Crippen LogP contribution in [0.2, 0.25) is 5.02 Å². The Morgan fingerprint density at radius 3 is 2.58 bits per heavy atom. The van der Waals surface area contributed by atoms with Gasteiger partial charge in [-0.3, -0.25) is 5.10 Å². The van der Waals surface area contributed by atoms with E-state index in [1.165, 1.54) is 11.9 Å². The monoisotopic (exact) mass is 269 g/mol. The van der Waals surface area contributed by atoms with Crippen LogP contribution in [0.3, 0.4) is 0 Å². The molecule has 4 heteroatoms. The maximum absolute atomic E-state index is 6.05. The third kappa shape index (κ3) is 2.51. The number of aryl methyl sites for hydroxylation is 1. The first-order chi connectivity index (χ1) is 9.22. The Morgan fingerprint density at radius 2 is 1.84 bits per heavy atom. The van der Waals surface area contributed by atoms with E-state index in [2.05, 4.69) is 40.3 Å². The number of H-pyrrole nitrogens is 1. The SMILES string of the molecule is Cc1cc(-c2cccc(Cl)c2)cc(-c2ncn[nH]2)c1. The van der Waals surface area contributed by atoms with E-state index in [0.717, 1.165) is 27.5 Å². The molecule has 3 aromatic rings. The molecule has 1 aromatic heterocycles. The molecule has 0 atom stereocenters. The zero-order valence-corrected chi connectivity index (χ0v) is 11.1. The van der Waals surface area contributed by atoms with Crippen LogP contribution in [0.5, 0.6) is 0 Å². The molecule has 1 N–H and O–H groups in total. The van der Waals surface area contributed by atoms with E-state index >= 15 is 0 Å². The van der Waals surface area contributed by atoms with Crippen molar-refractivity contribution in [2.45, 2.75) is 6.92 Å². The predicted molar refractivity (Wildman–Crippen MR) is 77.0 cm³/mol. The molecule has 0 radical (unpaired) electrons. The number of nitrogens with zero attached hydrogens (tertiary/aromatic N) is 2. The summed E-state index contributed by atoms with van der Waals surface area (Å²) in [6.45, 7) is 2.06. The van der Waals surface area contributed by atoms with Crippen LogP contribution in [0.4, 0.5) is 0 Å². The van der Waals surface area contributed by atoms with Crippen molar-refractivity contribution in [3.63, 3.8) is 0 Å². The van der Waals surface area contributed by atoms with Gasteiger partial charge in [0.25, 0.3) is 0 Å². The summed E-state index contributed by atoms with van der Waals surface area (Å²) in [7, 11) is 0. The molecule has 0 saturated heterocycles. The molecule has 0 aliphatic rings. The fourth-order valence-electron chi connectivity index (χ4n) is 2.10. The van der Waals surface area contributed by atoms with Crippen LogP contribution < -0.4 is 0 Å². The lowest BCUT2D eigenvalue weighted by molar-refractivity contribution is 1.09. The molecule has 0 unspecified atom stereocenters. The van der Waals surface area contributed by atoms with Gasteiger partial charge in [0, 0.05) is 10.6 Å². The summed E-state index contributed by atoms with van der Waals surface area (Å²) in [5.41, 5.74) is 4.40. The van der Waals surface area contributed by atoms with Crippen LogP contribution in [-0.4, -0.2) is 15.2 Å². The van der Waals surface area contributed by atoms with Crippen molar-refractivity contribution in [3.05, 3.63) is 59.4 Å². The number of rotatable bonds is 2. The van der Waals surface area contributed by atoms with Gasteiger partial charge in [-0.2, -0.15) is 5.10 Å². The van der Waals surface area contributed by atoms with Gasteiger partial charge in [-0.25, -0.2) is 4.98 Å². The molecule has 1 heterocycles. The second-order valence-electron chi connectivity index (χ2n) is 4.43. The zero-order chi connectivity index (χ0) is 13.2. The molecule has 0 bridgehead atoms. The minimum atomic E-state index is 0.736. The molecule has 0 spiro atoms. The van der Waals surface area contributed by atoms with Crippen molar-refractivity contribution in [2.24, 2.45) is 0 Å². The van der Waals surface area contributed by atoms with Gasteiger partial charge in [0.1, 0.15) is 6.33 Å². The first-order valence-electron chi connectivity index (χ1n) is 5.96. The van der Waals surface area contributed by atoms with Crippen molar-refractivity contribution in [1.29, 1.82) is 0 Å². The highest BCUT2D eigenvalue weighted by Crippen LogP contribution is 2.27. The third-order valence-corrected chi connectivity index (χ3v) is 3.16. The van der Waals surface area contributed by atoms with Gasteiger partial charge in [-0.15, -0.1) is 0 Å². The first kappa shape index (κ1) is 11.9. The normalized spacial score (nSPS) is 10.6. The topological polar surface area (TPSA) is 41.6 Å². The summed E-state index contributed by atoms with van der Waals surface area (Å²) in [5.74, 6) is 0.770. The number of nitrogens with one attached hydrogen (secondary N) is 1. The van der Waals surface area contributed by atoms with Crippen molar-refractivity contribution in [1.82, 2.24) is 15.2 Å². The standard InChI is InChI=1S/C15H12ClN3/c1-10-5-12(11-3-2-4-14(16)8-11)7-13(6-10)15-17-9-18-19-15/h2-9H,1H3,(H,17,18,19). The Kier molecular flexibility index (Phi) is 3.05. The molecule has 19 heavy (non-hydrogen) atoms. The number of halogens is 1. The first-order valence-corrected chi connectivity index (χ1v) is 6.33. The molecule has 0 fully saturated rings. The van der Waals surface area contributed by atoms with E-state index < -0.39 is 0 Å². The van der Waals surface area contributed by atoms with E-state index in [0.29, 0.717) is 0 Å². The van der Waals surface area contributed by atoms with E-state index in [1.54, 1.807) is 0 Å². The van der Waals surface area contributed by atoms with Crippen LogP contribution in [0.1, 0.15) is 5.56 Å². The van der Waals surface area contributed by atoms with E-state index in [4.69, 9.17) is 11.6 Å². The highest BCUT2D eigenvalue weighted by atomic mass is 35.5. The summed E-state index contributed by atoms with van der Waals surface area (Å²) in [4.78, 5) is 4.19. The maximum atomic E-state index is 6.05. The van der Waals surface area contributed by atoms with Gasteiger partial charge < -0.3 is 0 Å². The molecule has 0 amide bonds. The molecule has 94 valence electrons. The highest BCUT2D eigenvalue weighted by Gasteiger charge is 2.06. The van der Waals surface area contributed by atoms with E-state index in [1.807, 2.05) is 24.3 Å². The quantitative estimate of drug-likeness (QED) is 0.761. The summed E-state index contributed by atoms with van der Waals surface area (Å²) >= 11 is 6.05. The van der Waals surface area contributed by atoms with Gasteiger partial charge in [0.15, 0.2) is 5.82 Å². The molecule has 0 aliphatic carbocycles. The third-order valence-electron chi connectivity index (χ3n) is 2.92. The molecule has 2 aromatic carbocycles. The number of hydrogen-bond donors (Lipinski definition) is 1. The molecule has 3 rings (SSSR count). The van der Waals surface area contributed by atoms with Gasteiger partial charge >= 0.3 is 0 Å². The zero-order valence-electron chi connectivity index (χ0n) is 10.4. The smallest absolute Gasteiger partial charge is 0.155 e. The lowest BCUT2D eigenvalue weighted by atomic mass is 10.00. The van der Waals surface area contributed by atoms with Crippen LogP contribution in [0, 0.1) is 6.92 Å². The minimum Gasteiger partial charge on any atom is -0.259 e. The summed E-state index contributed by atoms with van der Waals surface area (Å²) in [5, 5.41) is 7.51.